The number of alkyl halides is 2. The van der Waals surface area contributed by atoms with Gasteiger partial charge in [0.1, 0.15) is 5.75 Å². The van der Waals surface area contributed by atoms with Gasteiger partial charge in [0.25, 0.3) is 0 Å². The molecular formula is C19H27ClF2N4O2. The summed E-state index contributed by atoms with van der Waals surface area (Å²) in [5.41, 5.74) is 0.487. The molecule has 9 heteroatoms. The van der Waals surface area contributed by atoms with Crippen LogP contribution < -0.4 is 20.7 Å². The summed E-state index contributed by atoms with van der Waals surface area (Å²) in [4.78, 5) is 16.0. The van der Waals surface area contributed by atoms with Gasteiger partial charge in [0.05, 0.1) is 0 Å². The van der Waals surface area contributed by atoms with Crippen molar-refractivity contribution in [2.24, 2.45) is 10.9 Å². The fraction of sp³-hybridized carbons (Fsp3) is 0.579. The minimum Gasteiger partial charge on any atom is -0.434 e. The van der Waals surface area contributed by atoms with Crippen molar-refractivity contribution in [1.29, 1.82) is 0 Å². The van der Waals surface area contributed by atoms with Crippen LogP contribution in [0.2, 0.25) is 5.02 Å². The fourth-order valence-corrected chi connectivity index (χ4v) is 3.42. The predicted molar refractivity (Wildman–Crippen MR) is 106 cm³/mol. The number of amides is 1. The number of nitrogens with one attached hydrogen (secondary N) is 3. The van der Waals surface area contributed by atoms with E-state index in [1.165, 1.54) is 25.0 Å². The van der Waals surface area contributed by atoms with Gasteiger partial charge in [-0.25, -0.2) is 0 Å². The van der Waals surface area contributed by atoms with Gasteiger partial charge in [-0.2, -0.15) is 8.78 Å². The van der Waals surface area contributed by atoms with Crippen LogP contribution in [0.1, 0.15) is 37.7 Å². The highest BCUT2D eigenvalue weighted by Gasteiger charge is 2.18. The van der Waals surface area contributed by atoms with Gasteiger partial charge in [-0.3, -0.25) is 9.79 Å². The first kappa shape index (κ1) is 22.2. The van der Waals surface area contributed by atoms with E-state index in [9.17, 15) is 13.6 Å². The Labute approximate surface area is 169 Å². The molecule has 1 aliphatic carbocycles. The lowest BCUT2D eigenvalue weighted by Gasteiger charge is -2.15. The Morgan fingerprint density at radius 2 is 1.96 bits per heavy atom. The third-order valence-electron chi connectivity index (χ3n) is 4.60. The molecule has 1 aromatic carbocycles. The lowest BCUT2D eigenvalue weighted by Crippen LogP contribution is -2.41. The number of carbonyl (C=O) groups excluding carboxylic acids is 1. The second kappa shape index (κ2) is 11.7. The first-order valence-corrected chi connectivity index (χ1v) is 9.80. The van der Waals surface area contributed by atoms with Crippen molar-refractivity contribution in [3.05, 3.63) is 28.8 Å². The lowest BCUT2D eigenvalue weighted by atomic mass is 10.0. The molecule has 0 saturated heterocycles. The quantitative estimate of drug-likeness (QED) is 0.328. The number of ether oxygens (including phenoxy) is 1. The minimum atomic E-state index is -2.91. The van der Waals surface area contributed by atoms with Crippen molar-refractivity contribution in [2.45, 2.75) is 45.3 Å². The maximum atomic E-state index is 12.5. The molecule has 0 bridgehead atoms. The molecule has 0 aromatic heterocycles. The van der Waals surface area contributed by atoms with Crippen LogP contribution >= 0.6 is 11.6 Å². The maximum absolute atomic E-state index is 12.5. The number of hydrogen-bond acceptors (Lipinski definition) is 3. The average Bonchev–Trinajstić information content (AvgIpc) is 3.15. The van der Waals surface area contributed by atoms with Gasteiger partial charge in [-0.1, -0.05) is 24.4 Å². The van der Waals surface area contributed by atoms with Crippen LogP contribution in [0.5, 0.6) is 5.75 Å². The molecule has 1 amide bonds. The van der Waals surface area contributed by atoms with E-state index in [1.807, 2.05) is 0 Å². The van der Waals surface area contributed by atoms with Crippen LogP contribution in [-0.4, -0.2) is 38.6 Å². The molecule has 1 fully saturated rings. The Morgan fingerprint density at radius 3 is 2.64 bits per heavy atom. The topological polar surface area (TPSA) is 74.8 Å². The molecule has 0 spiro atoms. The first-order valence-electron chi connectivity index (χ1n) is 9.42. The second-order valence-corrected chi connectivity index (χ2v) is 7.12. The van der Waals surface area contributed by atoms with E-state index in [2.05, 4.69) is 25.7 Å². The number of aliphatic imine (C=N–C) groups is 1. The Bertz CT molecular complexity index is 667. The molecule has 3 N–H and O–H groups in total. The number of rotatable bonds is 9. The highest BCUT2D eigenvalue weighted by molar-refractivity contribution is 6.30. The predicted octanol–water partition coefficient (Wildman–Crippen LogP) is 3.30. The van der Waals surface area contributed by atoms with Gasteiger partial charge in [0.2, 0.25) is 5.91 Å². The van der Waals surface area contributed by atoms with E-state index >= 15 is 0 Å². The molecule has 0 radical (unpaired) electrons. The number of nitrogens with zero attached hydrogens (tertiary/aromatic N) is 1. The van der Waals surface area contributed by atoms with Crippen molar-refractivity contribution < 1.29 is 18.3 Å². The van der Waals surface area contributed by atoms with Gasteiger partial charge in [0, 0.05) is 43.7 Å². The summed E-state index contributed by atoms with van der Waals surface area (Å²) in [7, 11) is 1.60. The van der Waals surface area contributed by atoms with Crippen LogP contribution in [0.4, 0.5) is 8.78 Å². The van der Waals surface area contributed by atoms with E-state index in [0.29, 0.717) is 42.0 Å². The summed E-state index contributed by atoms with van der Waals surface area (Å²) in [5, 5.41) is 9.40. The molecule has 28 heavy (non-hydrogen) atoms. The Morgan fingerprint density at radius 1 is 1.25 bits per heavy atom. The molecule has 0 atom stereocenters. The monoisotopic (exact) mass is 416 g/mol. The number of guanidine groups is 1. The average molecular weight is 417 g/mol. The van der Waals surface area contributed by atoms with Gasteiger partial charge in [0.15, 0.2) is 5.96 Å². The number of hydrogen-bond donors (Lipinski definition) is 3. The molecular weight excluding hydrogens is 390 g/mol. The number of halogens is 3. The Hall–Kier alpha value is -2.09. The third-order valence-corrected chi connectivity index (χ3v) is 4.83. The van der Waals surface area contributed by atoms with Crippen molar-refractivity contribution in [2.75, 3.05) is 20.1 Å². The molecule has 156 valence electrons. The van der Waals surface area contributed by atoms with Crippen molar-refractivity contribution in [3.63, 3.8) is 0 Å². The smallest absolute Gasteiger partial charge is 0.387 e. The second-order valence-electron chi connectivity index (χ2n) is 6.69. The van der Waals surface area contributed by atoms with Crippen LogP contribution in [0.25, 0.3) is 0 Å². The summed E-state index contributed by atoms with van der Waals surface area (Å²) in [6.45, 7) is -1.74. The third kappa shape index (κ3) is 7.88. The van der Waals surface area contributed by atoms with Crippen LogP contribution in [0, 0.1) is 5.92 Å². The summed E-state index contributed by atoms with van der Waals surface area (Å²) in [6.07, 6.45) is 5.32. The molecule has 1 aliphatic rings. The van der Waals surface area contributed by atoms with Crippen molar-refractivity contribution >= 4 is 23.5 Å². The van der Waals surface area contributed by atoms with Crippen molar-refractivity contribution in [1.82, 2.24) is 16.0 Å². The maximum Gasteiger partial charge on any atom is 0.387 e. The first-order chi connectivity index (χ1) is 13.5. The molecule has 2 rings (SSSR count). The van der Waals surface area contributed by atoms with E-state index in [4.69, 9.17) is 11.6 Å². The lowest BCUT2D eigenvalue weighted by molar-refractivity contribution is -0.121. The van der Waals surface area contributed by atoms with E-state index in [1.54, 1.807) is 13.1 Å². The molecule has 6 nitrogen and oxygen atoms in total. The van der Waals surface area contributed by atoms with E-state index in [-0.39, 0.29) is 18.2 Å². The molecule has 0 aliphatic heterocycles. The van der Waals surface area contributed by atoms with E-state index in [0.717, 1.165) is 12.8 Å². The molecule has 1 aromatic rings. The summed E-state index contributed by atoms with van der Waals surface area (Å²) >= 11 is 5.94. The summed E-state index contributed by atoms with van der Waals surface area (Å²) in [5.74, 6) is 1.13. The standard InChI is InChI=1S/C19H27ClF2N4O2/c1-23-19(25-9-8-24-17(27)10-13-4-2-3-5-13)26-12-14-11-15(20)6-7-16(14)28-18(21)22/h6-7,11,13,18H,2-5,8-10,12H2,1H3,(H,24,27)(H2,23,25,26). The van der Waals surface area contributed by atoms with Crippen LogP contribution in [-0.2, 0) is 11.3 Å². The fourth-order valence-electron chi connectivity index (χ4n) is 3.23. The van der Waals surface area contributed by atoms with Crippen LogP contribution in [0.3, 0.4) is 0 Å². The Balaban J connectivity index is 1.72. The Kier molecular flexibility index (Phi) is 9.27. The molecule has 1 saturated carbocycles. The number of carbonyl (C=O) groups is 1. The molecule has 0 unspecified atom stereocenters. The molecule has 0 heterocycles. The van der Waals surface area contributed by atoms with Gasteiger partial charge in [-0.05, 0) is 37.0 Å². The largest absolute Gasteiger partial charge is 0.434 e. The highest BCUT2D eigenvalue weighted by Crippen LogP contribution is 2.27. The van der Waals surface area contributed by atoms with Gasteiger partial charge in [-0.15, -0.1) is 0 Å². The zero-order valence-electron chi connectivity index (χ0n) is 15.9. The van der Waals surface area contributed by atoms with Crippen molar-refractivity contribution in [3.8, 4) is 5.75 Å². The summed E-state index contributed by atoms with van der Waals surface area (Å²) < 4.78 is 29.5. The van der Waals surface area contributed by atoms with Crippen LogP contribution in [0.15, 0.2) is 23.2 Å². The zero-order chi connectivity index (χ0) is 20.4. The summed E-state index contributed by atoms with van der Waals surface area (Å²) in [6, 6.07) is 4.45. The SMILES string of the molecule is CN=C(NCCNC(=O)CC1CCCC1)NCc1cc(Cl)ccc1OC(F)F. The highest BCUT2D eigenvalue weighted by atomic mass is 35.5. The van der Waals surface area contributed by atoms with E-state index < -0.39 is 6.61 Å². The van der Waals surface area contributed by atoms with Gasteiger partial charge >= 0.3 is 6.61 Å². The van der Waals surface area contributed by atoms with Gasteiger partial charge < -0.3 is 20.7 Å². The normalized spacial score (nSPS) is 15.0. The zero-order valence-corrected chi connectivity index (χ0v) is 16.7. The minimum absolute atomic E-state index is 0.0570. The number of benzene rings is 1.